The second kappa shape index (κ2) is 8.72. The summed E-state index contributed by atoms with van der Waals surface area (Å²) in [7, 11) is -3.87. The molecule has 1 aromatic heterocycles. The third-order valence-corrected chi connectivity index (χ3v) is 5.96. The van der Waals surface area contributed by atoms with E-state index in [4.69, 9.17) is 16.3 Å². The van der Waals surface area contributed by atoms with E-state index in [-0.39, 0.29) is 23.1 Å². The van der Waals surface area contributed by atoms with Crippen LogP contribution >= 0.6 is 11.6 Å². The van der Waals surface area contributed by atoms with Crippen molar-refractivity contribution < 1.29 is 31.1 Å². The zero-order valence-electron chi connectivity index (χ0n) is 14.9. The Morgan fingerprint density at radius 2 is 1.62 bits per heavy atom. The minimum Gasteiger partial charge on any atom is -0.460 e. The third kappa shape index (κ3) is 6.44. The topological polar surface area (TPSA) is 90.4 Å². The van der Waals surface area contributed by atoms with Crippen LogP contribution in [0.5, 0.6) is 11.8 Å². The molecule has 0 aliphatic heterocycles. The zero-order valence-corrected chi connectivity index (χ0v) is 16.5. The first-order chi connectivity index (χ1) is 13.6. The number of nitrogens with zero attached hydrogens (tertiary/aromatic N) is 2. The Kier molecular flexibility index (Phi) is 6.49. The maximum atomic E-state index is 12.5. The summed E-state index contributed by atoms with van der Waals surface area (Å²) in [4.78, 5) is 7.79. The van der Waals surface area contributed by atoms with Crippen LogP contribution in [0.1, 0.15) is 25.7 Å². The van der Waals surface area contributed by atoms with E-state index in [0.717, 1.165) is 24.3 Å². The smallest absolute Gasteiger partial charge is 0.460 e. The Bertz CT molecular complexity index is 916. The predicted octanol–water partition coefficient (Wildman–Crippen LogP) is 3.70. The number of rotatable bonds is 6. The van der Waals surface area contributed by atoms with E-state index in [9.17, 15) is 21.6 Å². The quantitative estimate of drug-likeness (QED) is 0.720. The molecular weight excluding hydrogens is 435 g/mol. The minimum atomic E-state index is -4.84. The summed E-state index contributed by atoms with van der Waals surface area (Å²) in [5, 5.41) is 0.397. The number of nitrogens with one attached hydrogen (secondary N) is 1. The lowest BCUT2D eigenvalue weighted by atomic mass is 9.94. The maximum absolute atomic E-state index is 12.5. The highest BCUT2D eigenvalue weighted by atomic mass is 35.5. The van der Waals surface area contributed by atoms with Gasteiger partial charge in [0.15, 0.2) is 0 Å². The zero-order chi connectivity index (χ0) is 21.1. The number of hydrogen-bond acceptors (Lipinski definition) is 6. The Balaban J connectivity index is 1.53. The van der Waals surface area contributed by atoms with Crippen LogP contribution in [0.3, 0.4) is 0 Å². The summed E-state index contributed by atoms with van der Waals surface area (Å²) >= 11 is 5.72. The normalized spacial score (nSPS) is 20.3. The van der Waals surface area contributed by atoms with Crippen molar-refractivity contribution in [3.8, 4) is 11.8 Å². The number of sulfonamides is 1. The van der Waals surface area contributed by atoms with Crippen molar-refractivity contribution in [2.24, 2.45) is 0 Å². The first kappa shape index (κ1) is 21.6. The van der Waals surface area contributed by atoms with Crippen molar-refractivity contribution in [3.63, 3.8) is 0 Å². The van der Waals surface area contributed by atoms with Gasteiger partial charge in [0, 0.05) is 6.04 Å². The first-order valence-electron chi connectivity index (χ1n) is 8.63. The second-order valence-corrected chi connectivity index (χ2v) is 8.57. The summed E-state index contributed by atoms with van der Waals surface area (Å²) in [6.45, 7) is 0. The van der Waals surface area contributed by atoms with Gasteiger partial charge in [-0.15, -0.1) is 13.2 Å². The van der Waals surface area contributed by atoms with Crippen molar-refractivity contribution in [2.45, 2.75) is 49.1 Å². The monoisotopic (exact) mass is 451 g/mol. The molecule has 1 heterocycles. The standard InChI is InChI=1S/C17H17ClF3N3O4S/c18-11-9-22-16(23-10-11)27-13-3-1-12(2-4-13)24-29(25,26)15-7-5-14(6-8-15)28-17(19,20)21/h5-10,12-13,24H,1-4H2. The molecule has 0 amide bonds. The van der Waals surface area contributed by atoms with Gasteiger partial charge in [-0.2, -0.15) is 0 Å². The lowest BCUT2D eigenvalue weighted by molar-refractivity contribution is -0.274. The van der Waals surface area contributed by atoms with Gasteiger partial charge in [0.2, 0.25) is 10.0 Å². The second-order valence-electron chi connectivity index (χ2n) is 6.42. The average Bonchev–Trinajstić information content (AvgIpc) is 2.64. The number of benzene rings is 1. The molecule has 2 aromatic rings. The maximum Gasteiger partial charge on any atom is 0.573 e. The average molecular weight is 452 g/mol. The highest BCUT2D eigenvalue weighted by Crippen LogP contribution is 2.26. The number of ether oxygens (including phenoxy) is 2. The van der Waals surface area contributed by atoms with Crippen LogP contribution in [-0.2, 0) is 10.0 Å². The highest BCUT2D eigenvalue weighted by Gasteiger charge is 2.31. The van der Waals surface area contributed by atoms with Crippen LogP contribution in [-0.4, -0.2) is 36.9 Å². The lowest BCUT2D eigenvalue weighted by Gasteiger charge is -2.28. The largest absolute Gasteiger partial charge is 0.573 e. The molecule has 0 atom stereocenters. The molecule has 1 fully saturated rings. The molecule has 0 spiro atoms. The van der Waals surface area contributed by atoms with Crippen LogP contribution in [0, 0.1) is 0 Å². The molecular formula is C17H17ClF3N3O4S. The number of aromatic nitrogens is 2. The highest BCUT2D eigenvalue weighted by molar-refractivity contribution is 7.89. The summed E-state index contributed by atoms with van der Waals surface area (Å²) in [6.07, 6.45) is 0.129. The van der Waals surface area contributed by atoms with Crippen molar-refractivity contribution in [2.75, 3.05) is 0 Å². The fraction of sp³-hybridized carbons (Fsp3) is 0.412. The SMILES string of the molecule is O=S(=O)(NC1CCC(Oc2ncc(Cl)cn2)CC1)c1ccc(OC(F)(F)F)cc1. The predicted molar refractivity (Wildman–Crippen MR) is 97.2 cm³/mol. The first-order valence-corrected chi connectivity index (χ1v) is 10.5. The van der Waals surface area contributed by atoms with E-state index >= 15 is 0 Å². The number of alkyl halides is 3. The van der Waals surface area contributed by atoms with Crippen LogP contribution < -0.4 is 14.2 Å². The van der Waals surface area contributed by atoms with Gasteiger partial charge in [0.05, 0.1) is 22.3 Å². The molecule has 29 heavy (non-hydrogen) atoms. The van der Waals surface area contributed by atoms with Gasteiger partial charge in [-0.3, -0.25) is 0 Å². The van der Waals surface area contributed by atoms with Crippen LogP contribution in [0.2, 0.25) is 5.02 Å². The summed E-state index contributed by atoms with van der Waals surface area (Å²) in [5.41, 5.74) is 0. The summed E-state index contributed by atoms with van der Waals surface area (Å²) < 4.78 is 73.5. The molecule has 1 saturated carbocycles. The molecule has 158 valence electrons. The van der Waals surface area contributed by atoms with E-state index in [0.29, 0.717) is 30.7 Å². The third-order valence-electron chi connectivity index (χ3n) is 4.23. The molecule has 1 N–H and O–H groups in total. The Hall–Kier alpha value is -2.11. The molecule has 3 rings (SSSR count). The van der Waals surface area contributed by atoms with Crippen LogP contribution in [0.15, 0.2) is 41.6 Å². The van der Waals surface area contributed by atoms with Gasteiger partial charge < -0.3 is 9.47 Å². The van der Waals surface area contributed by atoms with E-state index < -0.39 is 22.1 Å². The van der Waals surface area contributed by atoms with Crippen molar-refractivity contribution >= 4 is 21.6 Å². The molecule has 1 aromatic carbocycles. The van der Waals surface area contributed by atoms with Crippen molar-refractivity contribution in [1.82, 2.24) is 14.7 Å². The lowest BCUT2D eigenvalue weighted by Crippen LogP contribution is -2.39. The van der Waals surface area contributed by atoms with E-state index in [1.54, 1.807) is 0 Å². The van der Waals surface area contributed by atoms with E-state index in [2.05, 4.69) is 19.4 Å². The molecule has 0 radical (unpaired) electrons. The summed E-state index contributed by atoms with van der Waals surface area (Å²) in [5.74, 6) is -0.487. The molecule has 0 saturated heterocycles. The van der Waals surface area contributed by atoms with Gasteiger partial charge in [-0.1, -0.05) is 11.6 Å². The van der Waals surface area contributed by atoms with Crippen molar-refractivity contribution in [1.29, 1.82) is 0 Å². The molecule has 7 nitrogen and oxygen atoms in total. The van der Waals surface area contributed by atoms with Gasteiger partial charge in [-0.05, 0) is 49.9 Å². The molecule has 0 bridgehead atoms. The minimum absolute atomic E-state index is 0.139. The van der Waals surface area contributed by atoms with Crippen molar-refractivity contribution in [3.05, 3.63) is 41.7 Å². The molecule has 1 aliphatic rings. The van der Waals surface area contributed by atoms with E-state index in [1.807, 2.05) is 0 Å². The Labute approximate surface area is 170 Å². The Morgan fingerprint density at radius 3 is 2.17 bits per heavy atom. The van der Waals surface area contributed by atoms with Gasteiger partial charge in [0.1, 0.15) is 11.9 Å². The van der Waals surface area contributed by atoms with Gasteiger partial charge in [-0.25, -0.2) is 23.1 Å². The van der Waals surface area contributed by atoms with Gasteiger partial charge in [0.25, 0.3) is 0 Å². The summed E-state index contributed by atoms with van der Waals surface area (Å²) in [6, 6.07) is 3.95. The number of hydrogen-bond donors (Lipinski definition) is 1. The molecule has 0 unspecified atom stereocenters. The molecule has 12 heteroatoms. The number of halogens is 4. The fourth-order valence-corrected chi connectivity index (χ4v) is 4.32. The molecule has 1 aliphatic carbocycles. The van der Waals surface area contributed by atoms with Gasteiger partial charge >= 0.3 is 12.4 Å². The van der Waals surface area contributed by atoms with E-state index in [1.165, 1.54) is 12.4 Å². The fourth-order valence-electron chi connectivity index (χ4n) is 2.92. The van der Waals surface area contributed by atoms with Crippen LogP contribution in [0.4, 0.5) is 13.2 Å². The van der Waals surface area contributed by atoms with Crippen LogP contribution in [0.25, 0.3) is 0 Å². The Morgan fingerprint density at radius 1 is 1.03 bits per heavy atom.